The zero-order valence-electron chi connectivity index (χ0n) is 12.5. The Hall–Kier alpha value is -2.33. The van der Waals surface area contributed by atoms with Gasteiger partial charge in [-0.05, 0) is 26.0 Å². The average Bonchev–Trinajstić information content (AvgIpc) is 2.96. The molecule has 0 unspecified atom stereocenters. The summed E-state index contributed by atoms with van der Waals surface area (Å²) in [6.07, 6.45) is 2.03. The third-order valence-corrected chi connectivity index (χ3v) is 3.94. The fourth-order valence-electron chi connectivity index (χ4n) is 1.83. The Kier molecular flexibility index (Phi) is 5.55. The highest BCUT2D eigenvalue weighted by Crippen LogP contribution is 2.20. The number of rotatable bonds is 6. The maximum Gasteiger partial charge on any atom is 0.225 e. The second-order valence-electron chi connectivity index (χ2n) is 4.92. The molecule has 1 N–H and O–H groups in total. The van der Waals surface area contributed by atoms with Crippen LogP contribution in [0.2, 0.25) is 0 Å². The van der Waals surface area contributed by atoms with Crippen LogP contribution in [-0.2, 0) is 4.79 Å². The van der Waals surface area contributed by atoms with Crippen molar-refractivity contribution in [3.8, 4) is 6.07 Å². The molecular weight excluding hydrogens is 298 g/mol. The van der Waals surface area contributed by atoms with Crippen LogP contribution < -0.4 is 5.32 Å². The average molecular weight is 315 g/mol. The highest BCUT2D eigenvalue weighted by Gasteiger charge is 2.10. The van der Waals surface area contributed by atoms with Crippen molar-refractivity contribution in [3.63, 3.8) is 0 Å². The molecular formula is C15H17N5OS. The molecule has 0 saturated heterocycles. The van der Waals surface area contributed by atoms with Gasteiger partial charge < -0.3 is 9.88 Å². The summed E-state index contributed by atoms with van der Waals surface area (Å²) in [7, 11) is 0. The SMILES string of the molecule is CC(C)n1cnnc1SCCC(=O)Nc1ccccc1C#N. The van der Waals surface area contributed by atoms with Gasteiger partial charge in [-0.15, -0.1) is 10.2 Å². The van der Waals surface area contributed by atoms with Crippen molar-refractivity contribution >= 4 is 23.4 Å². The van der Waals surface area contributed by atoms with E-state index in [0.29, 0.717) is 23.4 Å². The van der Waals surface area contributed by atoms with Gasteiger partial charge in [0.05, 0.1) is 11.3 Å². The van der Waals surface area contributed by atoms with Crippen LogP contribution in [0.1, 0.15) is 31.9 Å². The van der Waals surface area contributed by atoms with E-state index in [2.05, 4.69) is 35.4 Å². The van der Waals surface area contributed by atoms with Crippen LogP contribution in [0, 0.1) is 11.3 Å². The third-order valence-electron chi connectivity index (χ3n) is 2.98. The van der Waals surface area contributed by atoms with Crippen LogP contribution in [0.4, 0.5) is 5.69 Å². The largest absolute Gasteiger partial charge is 0.325 e. The van der Waals surface area contributed by atoms with E-state index in [0.717, 1.165) is 5.16 Å². The molecule has 0 radical (unpaired) electrons. The van der Waals surface area contributed by atoms with E-state index in [1.165, 1.54) is 11.8 Å². The van der Waals surface area contributed by atoms with Gasteiger partial charge in [0.1, 0.15) is 12.4 Å². The zero-order valence-corrected chi connectivity index (χ0v) is 13.3. The highest BCUT2D eigenvalue weighted by molar-refractivity contribution is 7.99. The van der Waals surface area contributed by atoms with E-state index in [4.69, 9.17) is 5.26 Å². The van der Waals surface area contributed by atoms with Crippen molar-refractivity contribution in [1.82, 2.24) is 14.8 Å². The van der Waals surface area contributed by atoms with Gasteiger partial charge in [0, 0.05) is 18.2 Å². The van der Waals surface area contributed by atoms with Gasteiger partial charge in [-0.1, -0.05) is 23.9 Å². The molecule has 22 heavy (non-hydrogen) atoms. The normalized spacial score (nSPS) is 10.5. The molecule has 0 aliphatic heterocycles. The van der Waals surface area contributed by atoms with Gasteiger partial charge >= 0.3 is 0 Å². The van der Waals surface area contributed by atoms with Gasteiger partial charge in [-0.2, -0.15) is 5.26 Å². The maximum absolute atomic E-state index is 12.0. The summed E-state index contributed by atoms with van der Waals surface area (Å²) < 4.78 is 1.97. The Morgan fingerprint density at radius 1 is 1.45 bits per heavy atom. The van der Waals surface area contributed by atoms with Crippen LogP contribution in [0.15, 0.2) is 35.7 Å². The number of carbonyl (C=O) groups is 1. The fraction of sp³-hybridized carbons (Fsp3) is 0.333. The minimum Gasteiger partial charge on any atom is -0.325 e. The van der Waals surface area contributed by atoms with Gasteiger partial charge in [-0.3, -0.25) is 4.79 Å². The van der Waals surface area contributed by atoms with E-state index in [-0.39, 0.29) is 11.9 Å². The lowest BCUT2D eigenvalue weighted by Gasteiger charge is -2.09. The summed E-state index contributed by atoms with van der Waals surface area (Å²) in [4.78, 5) is 12.0. The summed E-state index contributed by atoms with van der Waals surface area (Å²) in [5.74, 6) is 0.484. The zero-order chi connectivity index (χ0) is 15.9. The number of aromatic nitrogens is 3. The molecule has 0 fully saturated rings. The Labute approximate surface area is 133 Å². The number of nitrogens with one attached hydrogen (secondary N) is 1. The molecule has 0 aliphatic rings. The number of benzene rings is 1. The minimum absolute atomic E-state index is 0.120. The predicted molar refractivity (Wildman–Crippen MR) is 85.5 cm³/mol. The maximum atomic E-state index is 12.0. The lowest BCUT2D eigenvalue weighted by molar-refractivity contribution is -0.115. The number of carbonyl (C=O) groups excluding carboxylic acids is 1. The first kappa shape index (κ1) is 16.0. The molecule has 1 aromatic heterocycles. The Bertz CT molecular complexity index is 689. The van der Waals surface area contributed by atoms with Gasteiger partial charge in [0.2, 0.25) is 5.91 Å². The van der Waals surface area contributed by atoms with Crippen LogP contribution >= 0.6 is 11.8 Å². The first-order valence-corrected chi connectivity index (χ1v) is 7.91. The summed E-state index contributed by atoms with van der Waals surface area (Å²) in [5.41, 5.74) is 1.01. The number of thioether (sulfide) groups is 1. The monoisotopic (exact) mass is 315 g/mol. The molecule has 2 aromatic rings. The molecule has 1 aromatic carbocycles. The van der Waals surface area contributed by atoms with E-state index in [1.807, 2.05) is 4.57 Å². The van der Waals surface area contributed by atoms with E-state index in [9.17, 15) is 4.79 Å². The van der Waals surface area contributed by atoms with Crippen LogP contribution in [0.3, 0.4) is 0 Å². The predicted octanol–water partition coefficient (Wildman–Crippen LogP) is 2.85. The van der Waals surface area contributed by atoms with Crippen molar-refractivity contribution in [2.45, 2.75) is 31.5 Å². The van der Waals surface area contributed by atoms with Crippen molar-refractivity contribution < 1.29 is 4.79 Å². The molecule has 0 atom stereocenters. The van der Waals surface area contributed by atoms with Crippen molar-refractivity contribution in [2.24, 2.45) is 0 Å². The highest BCUT2D eigenvalue weighted by atomic mass is 32.2. The van der Waals surface area contributed by atoms with Crippen molar-refractivity contribution in [3.05, 3.63) is 36.2 Å². The molecule has 114 valence electrons. The van der Waals surface area contributed by atoms with Gasteiger partial charge in [0.25, 0.3) is 0 Å². The van der Waals surface area contributed by atoms with E-state index in [1.54, 1.807) is 30.6 Å². The van der Waals surface area contributed by atoms with Gasteiger partial charge in [-0.25, -0.2) is 0 Å². The van der Waals surface area contributed by atoms with E-state index < -0.39 is 0 Å². The van der Waals surface area contributed by atoms with Crippen LogP contribution in [0.25, 0.3) is 0 Å². The van der Waals surface area contributed by atoms with Crippen LogP contribution in [0.5, 0.6) is 0 Å². The Morgan fingerprint density at radius 3 is 2.95 bits per heavy atom. The number of para-hydroxylation sites is 1. The molecule has 0 aliphatic carbocycles. The minimum atomic E-state index is -0.120. The molecule has 7 heteroatoms. The second-order valence-corrected chi connectivity index (χ2v) is 5.98. The quantitative estimate of drug-likeness (QED) is 0.829. The Balaban J connectivity index is 1.86. The smallest absolute Gasteiger partial charge is 0.225 e. The number of amides is 1. The second kappa shape index (κ2) is 7.61. The topological polar surface area (TPSA) is 83.6 Å². The lowest BCUT2D eigenvalue weighted by atomic mass is 10.2. The molecule has 0 spiro atoms. The molecule has 6 nitrogen and oxygen atoms in total. The summed E-state index contributed by atoms with van der Waals surface area (Å²) >= 11 is 1.49. The van der Waals surface area contributed by atoms with Crippen molar-refractivity contribution in [1.29, 1.82) is 5.26 Å². The summed E-state index contributed by atoms with van der Waals surface area (Å²) in [6.45, 7) is 4.11. The number of nitrogens with zero attached hydrogens (tertiary/aromatic N) is 4. The fourth-order valence-corrected chi connectivity index (χ4v) is 2.81. The standard InChI is InChI=1S/C15H17N5OS/c1-11(2)20-10-17-19-15(20)22-8-7-14(21)18-13-6-4-3-5-12(13)9-16/h3-6,10-11H,7-8H2,1-2H3,(H,18,21). The molecule has 1 amide bonds. The number of hydrogen-bond acceptors (Lipinski definition) is 5. The first-order chi connectivity index (χ1) is 10.6. The summed E-state index contributed by atoms with van der Waals surface area (Å²) in [5, 5.41) is 20.5. The van der Waals surface area contributed by atoms with E-state index >= 15 is 0 Å². The summed E-state index contributed by atoms with van der Waals surface area (Å²) in [6, 6.07) is 9.30. The number of anilines is 1. The Morgan fingerprint density at radius 2 is 2.23 bits per heavy atom. The van der Waals surface area contributed by atoms with Gasteiger partial charge in [0.15, 0.2) is 5.16 Å². The third kappa shape index (κ3) is 4.09. The number of hydrogen-bond donors (Lipinski definition) is 1. The number of nitriles is 1. The molecule has 0 saturated carbocycles. The molecule has 2 rings (SSSR count). The van der Waals surface area contributed by atoms with Crippen LogP contribution in [-0.4, -0.2) is 26.4 Å². The lowest BCUT2D eigenvalue weighted by Crippen LogP contribution is -2.13. The molecule has 0 bridgehead atoms. The molecule has 1 heterocycles. The van der Waals surface area contributed by atoms with Crippen molar-refractivity contribution in [2.75, 3.05) is 11.1 Å². The first-order valence-electron chi connectivity index (χ1n) is 6.93.